The number of halogens is 1. The quantitative estimate of drug-likeness (QED) is 0.429. The van der Waals surface area contributed by atoms with Gasteiger partial charge in [0, 0.05) is 4.47 Å². The Hall–Kier alpha value is -1.66. The molecule has 6 heteroatoms. The lowest BCUT2D eigenvalue weighted by Crippen LogP contribution is -2.40. The third-order valence-corrected chi connectivity index (χ3v) is 5.93. The molecular formula is C19H20BrNO4. The molecule has 3 aliphatic heterocycles. The van der Waals surface area contributed by atoms with E-state index in [-0.39, 0.29) is 18.0 Å². The van der Waals surface area contributed by atoms with Crippen LogP contribution in [0.1, 0.15) is 19.8 Å². The van der Waals surface area contributed by atoms with Gasteiger partial charge in [-0.05, 0) is 34.5 Å². The zero-order valence-electron chi connectivity index (χ0n) is 14.0. The van der Waals surface area contributed by atoms with Crippen LogP contribution in [0.4, 0.5) is 5.69 Å². The van der Waals surface area contributed by atoms with Crippen molar-refractivity contribution < 1.29 is 19.1 Å². The molecule has 4 rings (SSSR count). The van der Waals surface area contributed by atoms with Crippen LogP contribution in [0.2, 0.25) is 0 Å². The Balaban J connectivity index is 1.61. The molecule has 0 N–H and O–H groups in total. The van der Waals surface area contributed by atoms with Crippen LogP contribution in [0.25, 0.3) is 0 Å². The SMILES string of the molecule is CCCCOC(=O)C1C2C=CC3(CN(c4ccccc4Br)C(=O)C13)O2. The van der Waals surface area contributed by atoms with Crippen LogP contribution in [0.5, 0.6) is 0 Å². The van der Waals surface area contributed by atoms with Crippen molar-refractivity contribution in [3.63, 3.8) is 0 Å². The number of esters is 1. The van der Waals surface area contributed by atoms with Gasteiger partial charge in [0.25, 0.3) is 0 Å². The highest BCUT2D eigenvalue weighted by molar-refractivity contribution is 9.10. The average molecular weight is 406 g/mol. The van der Waals surface area contributed by atoms with E-state index in [0.29, 0.717) is 13.2 Å². The monoisotopic (exact) mass is 405 g/mol. The normalized spacial score (nSPS) is 32.3. The summed E-state index contributed by atoms with van der Waals surface area (Å²) in [4.78, 5) is 27.5. The van der Waals surface area contributed by atoms with E-state index < -0.39 is 17.4 Å². The summed E-state index contributed by atoms with van der Waals surface area (Å²) in [6.45, 7) is 2.86. The van der Waals surface area contributed by atoms with Crippen molar-refractivity contribution in [2.45, 2.75) is 31.5 Å². The van der Waals surface area contributed by atoms with Gasteiger partial charge < -0.3 is 14.4 Å². The Kier molecular flexibility index (Phi) is 4.20. The minimum absolute atomic E-state index is 0.0730. The lowest BCUT2D eigenvalue weighted by Gasteiger charge is -2.22. The summed E-state index contributed by atoms with van der Waals surface area (Å²) in [5.41, 5.74) is 0.0840. The number of rotatable bonds is 5. The van der Waals surface area contributed by atoms with E-state index in [2.05, 4.69) is 15.9 Å². The molecule has 25 heavy (non-hydrogen) atoms. The second-order valence-corrected chi connectivity index (χ2v) is 7.65. The summed E-state index contributed by atoms with van der Waals surface area (Å²) >= 11 is 3.51. The third kappa shape index (κ3) is 2.54. The molecule has 4 unspecified atom stereocenters. The van der Waals surface area contributed by atoms with Gasteiger partial charge in [-0.25, -0.2) is 0 Å². The molecule has 0 saturated carbocycles. The van der Waals surface area contributed by atoms with Crippen molar-refractivity contribution in [1.82, 2.24) is 0 Å². The molecule has 132 valence electrons. The number of benzene rings is 1. The topological polar surface area (TPSA) is 55.8 Å². The summed E-state index contributed by atoms with van der Waals surface area (Å²) in [5, 5.41) is 0. The molecule has 5 nitrogen and oxygen atoms in total. The van der Waals surface area contributed by atoms with Gasteiger partial charge in [0.1, 0.15) is 11.5 Å². The number of unbranched alkanes of at least 4 members (excludes halogenated alkanes) is 1. The van der Waals surface area contributed by atoms with Crippen LogP contribution in [0, 0.1) is 11.8 Å². The van der Waals surface area contributed by atoms with Gasteiger partial charge in [0.15, 0.2) is 0 Å². The first-order valence-corrected chi connectivity index (χ1v) is 9.46. The second-order valence-electron chi connectivity index (χ2n) is 6.80. The van der Waals surface area contributed by atoms with E-state index in [1.165, 1.54) is 0 Å². The predicted octanol–water partition coefficient (Wildman–Crippen LogP) is 3.08. The van der Waals surface area contributed by atoms with Crippen LogP contribution in [0.3, 0.4) is 0 Å². The van der Waals surface area contributed by atoms with Crippen molar-refractivity contribution in [2.24, 2.45) is 11.8 Å². The maximum absolute atomic E-state index is 13.2. The number of carbonyl (C=O) groups excluding carboxylic acids is 2. The number of nitrogens with zero attached hydrogens (tertiary/aromatic N) is 1. The number of hydrogen-bond acceptors (Lipinski definition) is 4. The summed E-state index contributed by atoms with van der Waals surface area (Å²) < 4.78 is 12.3. The molecule has 0 aliphatic carbocycles. The summed E-state index contributed by atoms with van der Waals surface area (Å²) in [6, 6.07) is 7.59. The maximum Gasteiger partial charge on any atom is 0.312 e. The third-order valence-electron chi connectivity index (χ3n) is 5.26. The fourth-order valence-electron chi connectivity index (χ4n) is 4.06. The fourth-order valence-corrected chi connectivity index (χ4v) is 4.55. The van der Waals surface area contributed by atoms with Gasteiger partial charge in [-0.15, -0.1) is 0 Å². The minimum atomic E-state index is -0.717. The van der Waals surface area contributed by atoms with E-state index in [0.717, 1.165) is 23.0 Å². The van der Waals surface area contributed by atoms with E-state index in [1.54, 1.807) is 4.90 Å². The van der Waals surface area contributed by atoms with Crippen LogP contribution in [0.15, 0.2) is 40.9 Å². The predicted molar refractivity (Wildman–Crippen MR) is 96.1 cm³/mol. The minimum Gasteiger partial charge on any atom is -0.465 e. The molecule has 1 amide bonds. The molecule has 3 aliphatic rings. The summed E-state index contributed by atoms with van der Waals surface area (Å²) in [7, 11) is 0. The molecule has 4 atom stereocenters. The van der Waals surface area contributed by atoms with Gasteiger partial charge in [0.05, 0.1) is 30.9 Å². The van der Waals surface area contributed by atoms with E-state index >= 15 is 0 Å². The van der Waals surface area contributed by atoms with Gasteiger partial charge in [-0.2, -0.15) is 0 Å². The number of ether oxygens (including phenoxy) is 2. The Morgan fingerprint density at radius 3 is 3.00 bits per heavy atom. The number of para-hydroxylation sites is 1. The molecule has 3 heterocycles. The number of fused-ring (bicyclic) bond motifs is 1. The van der Waals surface area contributed by atoms with Crippen molar-refractivity contribution in [3.05, 3.63) is 40.9 Å². The summed E-state index contributed by atoms with van der Waals surface area (Å²) in [5.74, 6) is -1.46. The van der Waals surface area contributed by atoms with E-state index in [4.69, 9.17) is 9.47 Å². The number of anilines is 1. The molecule has 1 aromatic rings. The van der Waals surface area contributed by atoms with Crippen LogP contribution < -0.4 is 4.90 Å². The van der Waals surface area contributed by atoms with Crippen molar-refractivity contribution >= 4 is 33.5 Å². The van der Waals surface area contributed by atoms with Crippen LogP contribution >= 0.6 is 15.9 Å². The lowest BCUT2D eigenvalue weighted by atomic mass is 9.77. The maximum atomic E-state index is 13.2. The molecule has 2 bridgehead atoms. The highest BCUT2D eigenvalue weighted by Gasteiger charge is 2.67. The van der Waals surface area contributed by atoms with Crippen molar-refractivity contribution in [3.8, 4) is 0 Å². The van der Waals surface area contributed by atoms with E-state index in [9.17, 15) is 9.59 Å². The van der Waals surface area contributed by atoms with Gasteiger partial charge in [-0.3, -0.25) is 9.59 Å². The number of carbonyl (C=O) groups is 2. The largest absolute Gasteiger partial charge is 0.465 e. The standard InChI is InChI=1S/C19H20BrNO4/c1-2-3-10-24-18(23)15-14-8-9-19(25-14)11-21(17(22)16(15)19)13-7-5-4-6-12(13)20/h4-9,14-16H,2-3,10-11H2,1H3. The molecule has 1 aromatic carbocycles. The molecule has 2 fully saturated rings. The molecule has 1 spiro atoms. The smallest absolute Gasteiger partial charge is 0.312 e. The second kappa shape index (κ2) is 6.25. The average Bonchev–Trinajstić information content (AvgIpc) is 3.24. The Morgan fingerprint density at radius 2 is 2.24 bits per heavy atom. The van der Waals surface area contributed by atoms with Gasteiger partial charge in [-0.1, -0.05) is 37.6 Å². The van der Waals surface area contributed by atoms with Crippen LogP contribution in [-0.2, 0) is 19.1 Å². The zero-order chi connectivity index (χ0) is 17.6. The first kappa shape index (κ1) is 16.8. The fraction of sp³-hybridized carbons (Fsp3) is 0.474. The van der Waals surface area contributed by atoms with Gasteiger partial charge >= 0.3 is 5.97 Å². The number of hydrogen-bond donors (Lipinski definition) is 0. The Morgan fingerprint density at radius 1 is 1.44 bits per heavy atom. The highest BCUT2D eigenvalue weighted by atomic mass is 79.9. The van der Waals surface area contributed by atoms with Crippen molar-refractivity contribution in [1.29, 1.82) is 0 Å². The summed E-state index contributed by atoms with van der Waals surface area (Å²) in [6.07, 6.45) is 5.28. The molecule has 0 radical (unpaired) electrons. The molecule has 2 saturated heterocycles. The zero-order valence-corrected chi connectivity index (χ0v) is 15.6. The first-order chi connectivity index (χ1) is 12.1. The van der Waals surface area contributed by atoms with E-state index in [1.807, 2.05) is 43.3 Å². The first-order valence-electron chi connectivity index (χ1n) is 8.67. The number of amides is 1. The molecule has 0 aromatic heterocycles. The van der Waals surface area contributed by atoms with Crippen LogP contribution in [-0.4, -0.2) is 36.7 Å². The van der Waals surface area contributed by atoms with Gasteiger partial charge in [0.2, 0.25) is 5.91 Å². The highest BCUT2D eigenvalue weighted by Crippen LogP contribution is 2.53. The Labute approximate surface area is 155 Å². The van der Waals surface area contributed by atoms with Crippen molar-refractivity contribution in [2.75, 3.05) is 18.1 Å². The lowest BCUT2D eigenvalue weighted by molar-refractivity contribution is -0.152. The Bertz CT molecular complexity index is 749. The molecular weight excluding hydrogens is 386 g/mol.